The molecule has 2 aromatic carbocycles. The fourth-order valence-electron chi connectivity index (χ4n) is 3.04. The highest BCUT2D eigenvalue weighted by atomic mass is 127. The monoisotopic (exact) mass is 486 g/mol. The van der Waals surface area contributed by atoms with Crippen molar-refractivity contribution in [2.45, 2.75) is 18.8 Å². The maximum atomic E-state index is 6.08. The molecule has 0 saturated heterocycles. The van der Waals surface area contributed by atoms with E-state index in [1.165, 1.54) is 11.1 Å². The molecule has 3 aromatic rings. The molecule has 4 nitrogen and oxygen atoms in total. The van der Waals surface area contributed by atoms with Crippen LogP contribution in [-0.2, 0) is 12.8 Å². The number of benzene rings is 2. The lowest BCUT2D eigenvalue weighted by molar-refractivity contribution is 0.690. The van der Waals surface area contributed by atoms with Gasteiger partial charge >= 0.3 is 0 Å². The highest BCUT2D eigenvalue weighted by molar-refractivity contribution is 14.0. The normalized spacial score (nSPS) is 12.1. The van der Waals surface area contributed by atoms with Gasteiger partial charge in [-0.15, -0.1) is 24.0 Å². The number of rotatable bonds is 8. The predicted octanol–water partition coefficient (Wildman–Crippen LogP) is 4.17. The van der Waals surface area contributed by atoms with Gasteiger partial charge in [0.2, 0.25) is 0 Å². The third-order valence-corrected chi connectivity index (χ3v) is 4.49. The number of halogens is 1. The van der Waals surface area contributed by atoms with E-state index in [4.69, 9.17) is 5.73 Å². The third kappa shape index (κ3) is 7.31. The van der Waals surface area contributed by atoms with Crippen molar-refractivity contribution in [2.75, 3.05) is 13.1 Å². The van der Waals surface area contributed by atoms with Gasteiger partial charge in [0, 0.05) is 37.3 Å². The van der Waals surface area contributed by atoms with Crippen molar-refractivity contribution in [3.63, 3.8) is 0 Å². The summed E-state index contributed by atoms with van der Waals surface area (Å²) in [5, 5.41) is 3.19. The van der Waals surface area contributed by atoms with Crippen LogP contribution in [0.25, 0.3) is 0 Å². The number of hydrogen-bond acceptors (Lipinski definition) is 2. The van der Waals surface area contributed by atoms with Gasteiger partial charge in [-0.3, -0.25) is 9.98 Å². The van der Waals surface area contributed by atoms with Gasteiger partial charge in [0.05, 0.1) is 0 Å². The van der Waals surface area contributed by atoms with Crippen LogP contribution in [0.3, 0.4) is 0 Å². The van der Waals surface area contributed by atoms with Crippen LogP contribution in [-0.4, -0.2) is 24.0 Å². The number of aromatic nitrogens is 1. The van der Waals surface area contributed by atoms with Gasteiger partial charge in [-0.2, -0.15) is 0 Å². The maximum absolute atomic E-state index is 6.08. The molecule has 1 heterocycles. The summed E-state index contributed by atoms with van der Waals surface area (Å²) in [7, 11) is 0. The molecule has 0 aliphatic heterocycles. The SMILES string of the molecule is I.NC(=NCC(Cc1ccccc1)c1ccccc1)NCCc1ccccn1. The Morgan fingerprint density at radius 1 is 0.929 bits per heavy atom. The van der Waals surface area contributed by atoms with E-state index in [0.29, 0.717) is 18.4 Å². The van der Waals surface area contributed by atoms with Crippen molar-refractivity contribution >= 4 is 29.9 Å². The largest absolute Gasteiger partial charge is 0.370 e. The fourth-order valence-corrected chi connectivity index (χ4v) is 3.04. The van der Waals surface area contributed by atoms with Gasteiger partial charge in [-0.05, 0) is 29.7 Å². The van der Waals surface area contributed by atoms with Gasteiger partial charge in [-0.25, -0.2) is 0 Å². The molecule has 0 radical (unpaired) electrons. The van der Waals surface area contributed by atoms with Gasteiger partial charge in [0.25, 0.3) is 0 Å². The summed E-state index contributed by atoms with van der Waals surface area (Å²) in [5.41, 5.74) is 9.71. The predicted molar refractivity (Wildman–Crippen MR) is 127 cm³/mol. The molecule has 0 aliphatic carbocycles. The van der Waals surface area contributed by atoms with E-state index in [0.717, 1.165) is 25.1 Å². The van der Waals surface area contributed by atoms with Crippen molar-refractivity contribution in [2.24, 2.45) is 10.7 Å². The molecular formula is C23H27IN4. The van der Waals surface area contributed by atoms with E-state index in [1.807, 2.05) is 30.3 Å². The van der Waals surface area contributed by atoms with Crippen LogP contribution in [0.5, 0.6) is 0 Å². The van der Waals surface area contributed by atoms with E-state index in [9.17, 15) is 0 Å². The quantitative estimate of drug-likeness (QED) is 0.286. The highest BCUT2D eigenvalue weighted by Gasteiger charge is 2.12. The zero-order valence-electron chi connectivity index (χ0n) is 15.9. The number of pyridine rings is 1. The molecule has 0 saturated carbocycles. The molecule has 1 atom stereocenters. The van der Waals surface area contributed by atoms with Gasteiger partial charge in [0.1, 0.15) is 0 Å². The summed E-state index contributed by atoms with van der Waals surface area (Å²) in [6.45, 7) is 1.38. The Kier molecular flexibility index (Phi) is 9.48. The zero-order valence-corrected chi connectivity index (χ0v) is 18.2. The second kappa shape index (κ2) is 12.1. The zero-order chi connectivity index (χ0) is 18.7. The summed E-state index contributed by atoms with van der Waals surface area (Å²) in [6, 6.07) is 27.0. The first-order chi connectivity index (χ1) is 13.3. The molecule has 1 unspecified atom stereocenters. The Balaban J connectivity index is 0.00000280. The molecule has 0 bridgehead atoms. The van der Waals surface area contributed by atoms with Crippen LogP contribution in [0.1, 0.15) is 22.7 Å². The number of aliphatic imine (C=N–C) groups is 1. The van der Waals surface area contributed by atoms with E-state index in [-0.39, 0.29) is 24.0 Å². The van der Waals surface area contributed by atoms with Crippen LogP contribution >= 0.6 is 24.0 Å². The van der Waals surface area contributed by atoms with Crippen molar-refractivity contribution < 1.29 is 0 Å². The Morgan fingerprint density at radius 3 is 2.29 bits per heavy atom. The number of nitrogens with two attached hydrogens (primary N) is 1. The number of guanidine groups is 1. The third-order valence-electron chi connectivity index (χ3n) is 4.49. The van der Waals surface area contributed by atoms with Crippen LogP contribution in [0.4, 0.5) is 0 Å². The van der Waals surface area contributed by atoms with Crippen LogP contribution in [0.2, 0.25) is 0 Å². The van der Waals surface area contributed by atoms with Crippen molar-refractivity contribution in [1.29, 1.82) is 0 Å². The number of nitrogens with one attached hydrogen (secondary N) is 1. The molecule has 3 rings (SSSR count). The Morgan fingerprint density at radius 2 is 1.61 bits per heavy atom. The van der Waals surface area contributed by atoms with E-state index >= 15 is 0 Å². The van der Waals surface area contributed by atoms with Crippen LogP contribution < -0.4 is 11.1 Å². The molecular weight excluding hydrogens is 459 g/mol. The Bertz CT molecular complexity index is 823. The maximum Gasteiger partial charge on any atom is 0.188 e. The Hall–Kier alpha value is -2.41. The smallest absolute Gasteiger partial charge is 0.188 e. The topological polar surface area (TPSA) is 63.3 Å². The van der Waals surface area contributed by atoms with Crippen molar-refractivity contribution in [3.8, 4) is 0 Å². The molecule has 0 amide bonds. The lowest BCUT2D eigenvalue weighted by Crippen LogP contribution is -2.33. The molecule has 0 spiro atoms. The summed E-state index contributed by atoms with van der Waals surface area (Å²) in [4.78, 5) is 8.91. The first-order valence-corrected chi connectivity index (χ1v) is 9.34. The van der Waals surface area contributed by atoms with E-state index < -0.39 is 0 Å². The fraction of sp³-hybridized carbons (Fsp3) is 0.217. The average Bonchev–Trinajstić information content (AvgIpc) is 2.73. The second-order valence-corrected chi connectivity index (χ2v) is 6.52. The number of nitrogens with zero attached hydrogens (tertiary/aromatic N) is 2. The standard InChI is InChI=1S/C23H26N4.HI/c24-23(26-16-14-22-13-7-8-15-25-22)27-18-21(20-11-5-2-6-12-20)17-19-9-3-1-4-10-19;/h1-13,15,21H,14,16-18H2,(H3,24,26,27);1H. The molecule has 0 aliphatic rings. The molecule has 146 valence electrons. The number of hydrogen-bond donors (Lipinski definition) is 2. The van der Waals surface area contributed by atoms with E-state index in [2.05, 4.69) is 63.8 Å². The van der Waals surface area contributed by atoms with Gasteiger partial charge in [-0.1, -0.05) is 66.7 Å². The summed E-state index contributed by atoms with van der Waals surface area (Å²) < 4.78 is 0. The Labute approximate surface area is 184 Å². The van der Waals surface area contributed by atoms with E-state index in [1.54, 1.807) is 6.20 Å². The molecule has 3 N–H and O–H groups in total. The van der Waals surface area contributed by atoms with Gasteiger partial charge < -0.3 is 11.1 Å². The first-order valence-electron chi connectivity index (χ1n) is 9.34. The van der Waals surface area contributed by atoms with Gasteiger partial charge in [0.15, 0.2) is 5.96 Å². The van der Waals surface area contributed by atoms with Crippen molar-refractivity contribution in [3.05, 3.63) is 102 Å². The second-order valence-electron chi connectivity index (χ2n) is 6.52. The molecule has 1 aromatic heterocycles. The molecule has 28 heavy (non-hydrogen) atoms. The minimum Gasteiger partial charge on any atom is -0.370 e. The lowest BCUT2D eigenvalue weighted by atomic mass is 9.92. The summed E-state index contributed by atoms with van der Waals surface area (Å²) in [6.07, 6.45) is 3.57. The molecule has 5 heteroatoms. The minimum atomic E-state index is 0. The van der Waals surface area contributed by atoms with Crippen LogP contribution in [0, 0.1) is 0 Å². The highest BCUT2D eigenvalue weighted by Crippen LogP contribution is 2.21. The first kappa shape index (κ1) is 21.9. The summed E-state index contributed by atoms with van der Waals surface area (Å²) in [5.74, 6) is 0.782. The minimum absolute atomic E-state index is 0. The molecule has 0 fully saturated rings. The average molecular weight is 486 g/mol. The van der Waals surface area contributed by atoms with Crippen molar-refractivity contribution in [1.82, 2.24) is 10.3 Å². The lowest BCUT2D eigenvalue weighted by Gasteiger charge is -2.16. The van der Waals surface area contributed by atoms with Crippen LogP contribution in [0.15, 0.2) is 90.1 Å². The summed E-state index contributed by atoms with van der Waals surface area (Å²) >= 11 is 0.